The Kier molecular flexibility index (Phi) is 8.79. The van der Waals surface area contributed by atoms with Gasteiger partial charge >= 0.3 is 0 Å². The minimum atomic E-state index is 0.532. The van der Waals surface area contributed by atoms with Crippen LogP contribution < -0.4 is 0 Å². The van der Waals surface area contributed by atoms with E-state index in [1.807, 2.05) is 54.6 Å². The molecule has 10 aromatic carbocycles. The summed E-state index contributed by atoms with van der Waals surface area (Å²) < 4.78 is 16.3. The van der Waals surface area contributed by atoms with Crippen molar-refractivity contribution in [2.75, 3.05) is 0 Å². The van der Waals surface area contributed by atoms with Crippen molar-refractivity contribution in [3.8, 4) is 73.2 Å². The zero-order valence-electron chi connectivity index (χ0n) is 37.0. The average Bonchev–Trinajstić information content (AvgIpc) is 4.11. The van der Waals surface area contributed by atoms with Crippen molar-refractivity contribution in [1.82, 2.24) is 19.5 Å². The molecule has 0 radical (unpaired) electrons. The van der Waals surface area contributed by atoms with Crippen LogP contribution in [0.3, 0.4) is 0 Å². The van der Waals surface area contributed by atoms with E-state index in [4.69, 9.17) is 23.8 Å². The second kappa shape index (κ2) is 15.6. The molecule has 0 atom stereocenters. The predicted molar refractivity (Wildman–Crippen MR) is 281 cm³/mol. The van der Waals surface area contributed by atoms with Crippen LogP contribution in [0.2, 0.25) is 0 Å². The number of fused-ring (bicyclic) bond motifs is 9. The third-order valence-electron chi connectivity index (χ3n) is 13.5. The number of rotatable bonds is 7. The summed E-state index contributed by atoms with van der Waals surface area (Å²) in [6.45, 7) is 0. The highest BCUT2D eigenvalue weighted by molar-refractivity contribution is 6.19. The molecule has 14 rings (SSSR count). The van der Waals surface area contributed by atoms with Crippen molar-refractivity contribution in [1.29, 1.82) is 0 Å². The van der Waals surface area contributed by atoms with Gasteiger partial charge in [-0.25, -0.2) is 15.0 Å². The van der Waals surface area contributed by atoms with Crippen LogP contribution >= 0.6 is 0 Å². The molecule has 0 saturated carbocycles. The fourth-order valence-corrected chi connectivity index (χ4v) is 10.2. The molecule has 0 N–H and O–H groups in total. The van der Waals surface area contributed by atoms with Crippen LogP contribution in [0.4, 0.5) is 0 Å². The second-order valence-electron chi connectivity index (χ2n) is 17.5. The minimum absolute atomic E-state index is 0.532. The molecule has 0 saturated heterocycles. The highest BCUT2D eigenvalue weighted by atomic mass is 16.3. The van der Waals surface area contributed by atoms with Gasteiger partial charge in [-0.2, -0.15) is 0 Å². The molecule has 0 aliphatic heterocycles. The van der Waals surface area contributed by atoms with Gasteiger partial charge in [-0.05, 0) is 64.2 Å². The van der Waals surface area contributed by atoms with E-state index in [1.54, 1.807) is 0 Å². The molecule has 0 aliphatic rings. The molecule has 4 heterocycles. The molecule has 0 amide bonds. The molecular formula is C63H38N4O2. The number of aromatic nitrogens is 4. The highest BCUT2D eigenvalue weighted by Gasteiger charge is 2.23. The van der Waals surface area contributed by atoms with Gasteiger partial charge in [0.1, 0.15) is 22.3 Å². The number of nitrogens with zero attached hydrogens (tertiary/aromatic N) is 4. The van der Waals surface area contributed by atoms with Gasteiger partial charge in [0.15, 0.2) is 17.5 Å². The Morgan fingerprint density at radius 3 is 1.52 bits per heavy atom. The predicted octanol–water partition coefficient (Wildman–Crippen LogP) is 16.8. The standard InChI is InChI=1S/C63H38N4O2/c1-4-16-39(17-5-1)41-30-32-43(33-31-41)62-64-61(42-20-8-3-9-21-42)65-63(66-62)51-27-15-25-48-47-24-14-26-49(59(47)69-60(48)51)53-37-45(38-57-58(53)50-23-11-13-29-56(50)68-57)67-54-28-12-10-22-46(54)52-36-44(34-35-55(52)67)40-18-6-2-7-19-40/h1-38H. The second-order valence-corrected chi connectivity index (χ2v) is 17.5. The van der Waals surface area contributed by atoms with Crippen LogP contribution in [-0.4, -0.2) is 19.5 Å². The Bertz CT molecular complexity index is 4290. The number of hydrogen-bond donors (Lipinski definition) is 0. The molecule has 0 fully saturated rings. The molecule has 14 aromatic rings. The minimum Gasteiger partial charge on any atom is -0.456 e. The third-order valence-corrected chi connectivity index (χ3v) is 13.5. The molecule has 322 valence electrons. The summed E-state index contributed by atoms with van der Waals surface area (Å²) in [4.78, 5) is 15.4. The van der Waals surface area contributed by atoms with Gasteiger partial charge in [0.2, 0.25) is 0 Å². The van der Waals surface area contributed by atoms with Crippen LogP contribution in [-0.2, 0) is 0 Å². The zero-order valence-corrected chi connectivity index (χ0v) is 37.0. The van der Waals surface area contributed by atoms with Crippen LogP contribution in [0.5, 0.6) is 0 Å². The van der Waals surface area contributed by atoms with Crippen LogP contribution in [0.25, 0.3) is 139 Å². The Morgan fingerprint density at radius 2 is 0.797 bits per heavy atom. The summed E-state index contributed by atoms with van der Waals surface area (Å²) in [6.07, 6.45) is 0. The summed E-state index contributed by atoms with van der Waals surface area (Å²) >= 11 is 0. The maximum absolute atomic E-state index is 7.21. The number of para-hydroxylation sites is 4. The van der Waals surface area contributed by atoms with Crippen molar-refractivity contribution in [2.24, 2.45) is 0 Å². The van der Waals surface area contributed by atoms with Gasteiger partial charge in [-0.15, -0.1) is 0 Å². The lowest BCUT2D eigenvalue weighted by molar-refractivity contribution is 0.668. The molecule has 69 heavy (non-hydrogen) atoms. The SMILES string of the molecule is c1ccc(-c2ccc(-c3nc(-c4ccccc4)nc(-c4cccc5c4oc4c(-c6cc(-n7c8ccccc8c8cc(-c9ccccc9)ccc87)cc7oc8ccccc8c67)cccc45)n3)cc2)cc1. The van der Waals surface area contributed by atoms with Crippen molar-refractivity contribution < 1.29 is 8.83 Å². The number of hydrogen-bond acceptors (Lipinski definition) is 5. The summed E-state index contributed by atoms with van der Waals surface area (Å²) in [5, 5.41) is 6.41. The van der Waals surface area contributed by atoms with Crippen molar-refractivity contribution in [3.63, 3.8) is 0 Å². The van der Waals surface area contributed by atoms with E-state index < -0.39 is 0 Å². The summed E-state index contributed by atoms with van der Waals surface area (Å²) in [5.74, 6) is 1.70. The van der Waals surface area contributed by atoms with Gasteiger partial charge in [0, 0.05) is 55.1 Å². The Balaban J connectivity index is 0.973. The summed E-state index contributed by atoms with van der Waals surface area (Å²) in [5.41, 5.74) is 15.5. The smallest absolute Gasteiger partial charge is 0.167 e. The molecule has 6 nitrogen and oxygen atoms in total. The lowest BCUT2D eigenvalue weighted by Crippen LogP contribution is -2.00. The molecule has 0 bridgehead atoms. The van der Waals surface area contributed by atoms with Gasteiger partial charge in [-0.3, -0.25) is 0 Å². The lowest BCUT2D eigenvalue weighted by Gasteiger charge is -2.12. The van der Waals surface area contributed by atoms with Crippen LogP contribution in [0.15, 0.2) is 239 Å². The molecule has 0 aliphatic carbocycles. The zero-order chi connectivity index (χ0) is 45.4. The lowest BCUT2D eigenvalue weighted by atomic mass is 9.96. The Labute approximate surface area is 396 Å². The first-order chi connectivity index (χ1) is 34.2. The first kappa shape index (κ1) is 38.8. The fraction of sp³-hybridized carbons (Fsp3) is 0. The monoisotopic (exact) mass is 882 g/mol. The topological polar surface area (TPSA) is 69.9 Å². The van der Waals surface area contributed by atoms with E-state index in [2.05, 4.69) is 180 Å². The highest BCUT2D eigenvalue weighted by Crippen LogP contribution is 2.46. The summed E-state index contributed by atoms with van der Waals surface area (Å²) in [6, 6.07) is 80.3. The van der Waals surface area contributed by atoms with Crippen LogP contribution in [0.1, 0.15) is 0 Å². The van der Waals surface area contributed by atoms with Crippen LogP contribution in [0, 0.1) is 0 Å². The number of benzene rings is 10. The van der Waals surface area contributed by atoms with Gasteiger partial charge < -0.3 is 13.4 Å². The summed E-state index contributed by atoms with van der Waals surface area (Å²) in [7, 11) is 0. The maximum atomic E-state index is 7.21. The first-order valence-electron chi connectivity index (χ1n) is 23.2. The van der Waals surface area contributed by atoms with Gasteiger partial charge in [0.25, 0.3) is 0 Å². The van der Waals surface area contributed by atoms with E-state index in [1.165, 1.54) is 21.9 Å². The van der Waals surface area contributed by atoms with Crippen molar-refractivity contribution in [2.45, 2.75) is 0 Å². The first-order valence-corrected chi connectivity index (χ1v) is 23.2. The average molecular weight is 883 g/mol. The van der Waals surface area contributed by atoms with E-state index in [-0.39, 0.29) is 0 Å². The molecule has 0 unspecified atom stereocenters. The Hall–Kier alpha value is -9.39. The molecular weight excluding hydrogens is 845 g/mol. The maximum Gasteiger partial charge on any atom is 0.167 e. The molecule has 6 heteroatoms. The van der Waals surface area contributed by atoms with Crippen molar-refractivity contribution >= 4 is 65.7 Å². The Morgan fingerprint density at radius 1 is 0.290 bits per heavy atom. The third kappa shape index (κ3) is 6.38. The van der Waals surface area contributed by atoms with Gasteiger partial charge in [0.05, 0.1) is 22.3 Å². The molecule has 4 aromatic heterocycles. The van der Waals surface area contributed by atoms with E-state index in [0.717, 1.165) is 94.0 Å². The van der Waals surface area contributed by atoms with Crippen molar-refractivity contribution in [3.05, 3.63) is 231 Å². The van der Waals surface area contributed by atoms with E-state index >= 15 is 0 Å². The van der Waals surface area contributed by atoms with E-state index in [9.17, 15) is 0 Å². The fourth-order valence-electron chi connectivity index (χ4n) is 10.2. The normalized spacial score (nSPS) is 11.8. The van der Waals surface area contributed by atoms with Gasteiger partial charge in [-0.1, -0.05) is 188 Å². The number of furan rings is 2. The van der Waals surface area contributed by atoms with E-state index in [0.29, 0.717) is 23.1 Å². The quantitative estimate of drug-likeness (QED) is 0.159. The largest absolute Gasteiger partial charge is 0.456 e. The molecule has 0 spiro atoms.